The van der Waals surface area contributed by atoms with Crippen LogP contribution in [0.5, 0.6) is 0 Å². The lowest BCUT2D eigenvalue weighted by atomic mass is 10.1. The smallest absolute Gasteiger partial charge is 0.305 e. The molecule has 3 rings (SSSR count). The van der Waals surface area contributed by atoms with Crippen LogP contribution < -0.4 is 5.32 Å². The van der Waals surface area contributed by atoms with Crippen LogP contribution in [0, 0.1) is 0 Å². The standard InChI is InChI=1S/C19H20N4O2/c1-2-5-14(12-17(24)25)21-19-15-6-3-4-7-16(15)22-18(23-19)13-8-10-20-11-9-13/h3-4,6-11,14H,2,5,12H2,1H3,(H,24,25)(H,21,22,23)/t14-/m1/s1. The molecule has 2 heterocycles. The second-order valence-electron chi connectivity index (χ2n) is 5.88. The Kier molecular flexibility index (Phi) is 5.18. The Labute approximate surface area is 146 Å². The van der Waals surface area contributed by atoms with Gasteiger partial charge in [-0.3, -0.25) is 9.78 Å². The molecule has 3 aromatic rings. The molecule has 0 saturated heterocycles. The van der Waals surface area contributed by atoms with Crippen molar-refractivity contribution in [2.75, 3.05) is 5.32 Å². The van der Waals surface area contributed by atoms with E-state index in [9.17, 15) is 4.79 Å². The molecule has 0 aliphatic heterocycles. The third kappa shape index (κ3) is 4.09. The molecular formula is C19H20N4O2. The fraction of sp³-hybridized carbons (Fsp3) is 0.263. The fourth-order valence-electron chi connectivity index (χ4n) is 2.79. The van der Waals surface area contributed by atoms with Crippen molar-refractivity contribution in [2.24, 2.45) is 0 Å². The molecule has 128 valence electrons. The molecule has 6 heteroatoms. The summed E-state index contributed by atoms with van der Waals surface area (Å²) < 4.78 is 0. The fourth-order valence-corrected chi connectivity index (χ4v) is 2.79. The largest absolute Gasteiger partial charge is 0.481 e. The van der Waals surface area contributed by atoms with Gasteiger partial charge < -0.3 is 10.4 Å². The molecule has 2 aromatic heterocycles. The summed E-state index contributed by atoms with van der Waals surface area (Å²) in [5, 5.41) is 13.4. The molecule has 6 nitrogen and oxygen atoms in total. The van der Waals surface area contributed by atoms with Crippen molar-refractivity contribution in [2.45, 2.75) is 32.2 Å². The number of fused-ring (bicyclic) bond motifs is 1. The summed E-state index contributed by atoms with van der Waals surface area (Å²) in [5.74, 6) is 0.435. The van der Waals surface area contributed by atoms with Crippen LogP contribution in [0.3, 0.4) is 0 Å². The summed E-state index contributed by atoms with van der Waals surface area (Å²) in [7, 11) is 0. The monoisotopic (exact) mass is 336 g/mol. The van der Waals surface area contributed by atoms with E-state index in [0.29, 0.717) is 11.6 Å². The molecule has 1 atom stereocenters. The van der Waals surface area contributed by atoms with Crippen molar-refractivity contribution < 1.29 is 9.90 Å². The van der Waals surface area contributed by atoms with Crippen molar-refractivity contribution in [3.8, 4) is 11.4 Å². The Morgan fingerprint density at radius 3 is 2.64 bits per heavy atom. The number of aliphatic carboxylic acids is 1. The number of rotatable bonds is 7. The molecule has 0 saturated carbocycles. The lowest BCUT2D eigenvalue weighted by Gasteiger charge is -2.18. The number of nitrogens with one attached hydrogen (secondary N) is 1. The van der Waals surface area contributed by atoms with Gasteiger partial charge in [-0.05, 0) is 30.7 Å². The maximum Gasteiger partial charge on any atom is 0.305 e. The molecule has 25 heavy (non-hydrogen) atoms. The van der Waals surface area contributed by atoms with Gasteiger partial charge in [0.1, 0.15) is 5.82 Å². The second kappa shape index (κ2) is 7.70. The van der Waals surface area contributed by atoms with Crippen molar-refractivity contribution in [1.82, 2.24) is 15.0 Å². The van der Waals surface area contributed by atoms with Crippen LogP contribution in [0.15, 0.2) is 48.8 Å². The van der Waals surface area contributed by atoms with Crippen LogP contribution in [0.25, 0.3) is 22.3 Å². The van der Waals surface area contributed by atoms with E-state index < -0.39 is 5.97 Å². The van der Waals surface area contributed by atoms with Crippen molar-refractivity contribution in [3.05, 3.63) is 48.8 Å². The molecule has 0 fully saturated rings. The minimum atomic E-state index is -0.821. The Bertz CT molecular complexity index is 868. The van der Waals surface area contributed by atoms with E-state index in [0.717, 1.165) is 29.3 Å². The van der Waals surface area contributed by atoms with Crippen LogP contribution in [0.4, 0.5) is 5.82 Å². The Morgan fingerprint density at radius 1 is 1.16 bits per heavy atom. The normalized spacial score (nSPS) is 12.0. The zero-order valence-electron chi connectivity index (χ0n) is 14.0. The van der Waals surface area contributed by atoms with Crippen molar-refractivity contribution in [1.29, 1.82) is 0 Å². The van der Waals surface area contributed by atoms with Gasteiger partial charge in [-0.15, -0.1) is 0 Å². The molecular weight excluding hydrogens is 316 g/mol. The highest BCUT2D eigenvalue weighted by molar-refractivity contribution is 5.90. The average molecular weight is 336 g/mol. The van der Waals surface area contributed by atoms with Gasteiger partial charge in [0.2, 0.25) is 0 Å². The van der Waals surface area contributed by atoms with E-state index in [1.165, 1.54) is 0 Å². The van der Waals surface area contributed by atoms with Crippen LogP contribution in [-0.4, -0.2) is 32.1 Å². The summed E-state index contributed by atoms with van der Waals surface area (Å²) in [6.07, 6.45) is 5.10. The number of pyridine rings is 1. The highest BCUT2D eigenvalue weighted by atomic mass is 16.4. The van der Waals surface area contributed by atoms with Gasteiger partial charge in [0.15, 0.2) is 5.82 Å². The van der Waals surface area contributed by atoms with E-state index in [4.69, 9.17) is 5.11 Å². The number of carboxylic acid groups (broad SMARTS) is 1. The minimum Gasteiger partial charge on any atom is -0.481 e. The Balaban J connectivity index is 2.04. The first-order valence-electron chi connectivity index (χ1n) is 8.33. The van der Waals surface area contributed by atoms with Crippen LogP contribution in [0.1, 0.15) is 26.2 Å². The third-order valence-electron chi connectivity index (χ3n) is 3.94. The van der Waals surface area contributed by atoms with Crippen LogP contribution in [0.2, 0.25) is 0 Å². The first kappa shape index (κ1) is 16.8. The molecule has 0 radical (unpaired) electrons. The summed E-state index contributed by atoms with van der Waals surface area (Å²) in [5.41, 5.74) is 1.69. The summed E-state index contributed by atoms with van der Waals surface area (Å²) in [4.78, 5) is 24.5. The van der Waals surface area contributed by atoms with Crippen LogP contribution in [-0.2, 0) is 4.79 Å². The first-order chi connectivity index (χ1) is 12.2. The predicted octanol–water partition coefficient (Wildman–Crippen LogP) is 3.75. The molecule has 0 aliphatic rings. The van der Waals surface area contributed by atoms with Gasteiger partial charge in [0.25, 0.3) is 0 Å². The molecule has 0 bridgehead atoms. The van der Waals surface area contributed by atoms with Gasteiger partial charge in [-0.2, -0.15) is 0 Å². The number of aromatic nitrogens is 3. The number of benzene rings is 1. The van der Waals surface area contributed by atoms with Crippen molar-refractivity contribution in [3.63, 3.8) is 0 Å². The molecule has 0 spiro atoms. The number of nitrogens with zero attached hydrogens (tertiary/aromatic N) is 3. The van der Waals surface area contributed by atoms with E-state index >= 15 is 0 Å². The number of carbonyl (C=O) groups is 1. The Hall–Kier alpha value is -3.02. The van der Waals surface area contributed by atoms with Gasteiger partial charge in [-0.25, -0.2) is 9.97 Å². The van der Waals surface area contributed by atoms with Gasteiger partial charge in [0, 0.05) is 29.4 Å². The zero-order valence-corrected chi connectivity index (χ0v) is 14.0. The lowest BCUT2D eigenvalue weighted by Crippen LogP contribution is -2.24. The quantitative estimate of drug-likeness (QED) is 0.683. The highest BCUT2D eigenvalue weighted by Gasteiger charge is 2.16. The molecule has 0 unspecified atom stereocenters. The van der Waals surface area contributed by atoms with E-state index in [1.54, 1.807) is 12.4 Å². The summed E-state index contributed by atoms with van der Waals surface area (Å²) >= 11 is 0. The van der Waals surface area contributed by atoms with E-state index in [1.807, 2.05) is 43.3 Å². The molecule has 2 N–H and O–H groups in total. The maximum atomic E-state index is 11.1. The second-order valence-corrected chi connectivity index (χ2v) is 5.88. The third-order valence-corrected chi connectivity index (χ3v) is 3.94. The van der Waals surface area contributed by atoms with Gasteiger partial charge in [0.05, 0.1) is 11.9 Å². The molecule has 0 amide bonds. The lowest BCUT2D eigenvalue weighted by molar-refractivity contribution is -0.137. The molecule has 0 aliphatic carbocycles. The van der Waals surface area contributed by atoms with Gasteiger partial charge >= 0.3 is 5.97 Å². The predicted molar refractivity (Wildman–Crippen MR) is 97.3 cm³/mol. The van der Waals surface area contributed by atoms with Crippen LogP contribution >= 0.6 is 0 Å². The highest BCUT2D eigenvalue weighted by Crippen LogP contribution is 2.26. The molecule has 1 aromatic carbocycles. The number of para-hydroxylation sites is 1. The summed E-state index contributed by atoms with van der Waals surface area (Å²) in [6, 6.07) is 11.3. The maximum absolute atomic E-state index is 11.1. The summed E-state index contributed by atoms with van der Waals surface area (Å²) in [6.45, 7) is 2.04. The Morgan fingerprint density at radius 2 is 1.92 bits per heavy atom. The van der Waals surface area contributed by atoms with Gasteiger partial charge in [-0.1, -0.05) is 25.5 Å². The number of anilines is 1. The van der Waals surface area contributed by atoms with Crippen molar-refractivity contribution >= 4 is 22.7 Å². The minimum absolute atomic E-state index is 0.0523. The zero-order chi connectivity index (χ0) is 17.6. The average Bonchev–Trinajstić information content (AvgIpc) is 2.62. The van der Waals surface area contributed by atoms with E-state index in [-0.39, 0.29) is 12.5 Å². The number of hydrogen-bond acceptors (Lipinski definition) is 5. The SMILES string of the molecule is CCC[C@H](CC(=O)O)Nc1nc(-c2ccncc2)nc2ccccc12. The number of carboxylic acids is 1. The number of hydrogen-bond donors (Lipinski definition) is 2. The first-order valence-corrected chi connectivity index (χ1v) is 8.33. The van der Waals surface area contributed by atoms with E-state index in [2.05, 4.69) is 20.3 Å². The topological polar surface area (TPSA) is 88.0 Å².